The average molecular weight is 255 g/mol. The fraction of sp³-hybridized carbons (Fsp3) is 0.188. The first-order valence-electron chi connectivity index (χ1n) is 6.15. The van der Waals surface area contributed by atoms with E-state index in [1.54, 1.807) is 12.1 Å². The molecule has 98 valence electrons. The van der Waals surface area contributed by atoms with Gasteiger partial charge < -0.3 is 10.5 Å². The van der Waals surface area contributed by atoms with Crippen LogP contribution in [-0.2, 0) is 6.61 Å². The number of ether oxygens (including phenoxy) is 1. The van der Waals surface area contributed by atoms with Crippen molar-refractivity contribution in [2.24, 2.45) is 5.73 Å². The van der Waals surface area contributed by atoms with Gasteiger partial charge in [0.15, 0.2) is 0 Å². The number of aryl methyl sites for hydroxylation is 2. The number of amides is 1. The minimum absolute atomic E-state index is 0.408. The van der Waals surface area contributed by atoms with Crippen molar-refractivity contribution in [1.29, 1.82) is 0 Å². The lowest BCUT2D eigenvalue weighted by atomic mass is 10.1. The van der Waals surface area contributed by atoms with Gasteiger partial charge in [0.05, 0.1) is 0 Å². The number of hydrogen-bond donors (Lipinski definition) is 1. The van der Waals surface area contributed by atoms with E-state index in [0.717, 1.165) is 22.4 Å². The molecule has 0 radical (unpaired) electrons. The van der Waals surface area contributed by atoms with Gasteiger partial charge in [0.25, 0.3) is 0 Å². The van der Waals surface area contributed by atoms with Crippen LogP contribution in [0.25, 0.3) is 0 Å². The van der Waals surface area contributed by atoms with E-state index >= 15 is 0 Å². The predicted molar refractivity (Wildman–Crippen MR) is 75.2 cm³/mol. The topological polar surface area (TPSA) is 52.3 Å². The molecule has 2 N–H and O–H groups in total. The van der Waals surface area contributed by atoms with Crippen molar-refractivity contribution in [2.75, 3.05) is 0 Å². The van der Waals surface area contributed by atoms with Crippen LogP contribution in [0, 0.1) is 13.8 Å². The summed E-state index contributed by atoms with van der Waals surface area (Å²) in [5.41, 5.74) is 8.93. The maximum absolute atomic E-state index is 11.1. The first-order valence-corrected chi connectivity index (χ1v) is 6.15. The molecule has 0 aliphatic heterocycles. The summed E-state index contributed by atoms with van der Waals surface area (Å²) in [5.74, 6) is 0.468. The van der Waals surface area contributed by atoms with Crippen LogP contribution < -0.4 is 10.5 Å². The van der Waals surface area contributed by atoms with Gasteiger partial charge in [0, 0.05) is 5.56 Å². The molecule has 0 aliphatic carbocycles. The average Bonchev–Trinajstić information content (AvgIpc) is 2.39. The molecule has 2 aromatic rings. The maximum atomic E-state index is 11.1. The molecule has 0 unspecified atom stereocenters. The maximum Gasteiger partial charge on any atom is 0.248 e. The number of carbonyl (C=O) groups excluding carboxylic acids is 1. The zero-order valence-electron chi connectivity index (χ0n) is 11.1. The smallest absolute Gasteiger partial charge is 0.248 e. The second kappa shape index (κ2) is 5.57. The summed E-state index contributed by atoms with van der Waals surface area (Å²) < 4.78 is 5.79. The van der Waals surface area contributed by atoms with Crippen molar-refractivity contribution in [2.45, 2.75) is 20.5 Å². The summed E-state index contributed by atoms with van der Waals surface area (Å²) in [6, 6.07) is 13.3. The first-order chi connectivity index (χ1) is 9.08. The molecule has 2 aromatic carbocycles. The Labute approximate surface area is 113 Å². The predicted octanol–water partition coefficient (Wildman–Crippen LogP) is 2.98. The Hall–Kier alpha value is -2.29. The van der Waals surface area contributed by atoms with Crippen LogP contribution in [0.1, 0.15) is 27.0 Å². The highest BCUT2D eigenvalue weighted by atomic mass is 16.5. The molecule has 0 fully saturated rings. The van der Waals surface area contributed by atoms with E-state index in [-0.39, 0.29) is 0 Å². The van der Waals surface area contributed by atoms with Crippen molar-refractivity contribution in [3.63, 3.8) is 0 Å². The van der Waals surface area contributed by atoms with Crippen LogP contribution in [0.4, 0.5) is 0 Å². The lowest BCUT2D eigenvalue weighted by Gasteiger charge is -2.11. The van der Waals surface area contributed by atoms with Crippen molar-refractivity contribution < 1.29 is 9.53 Å². The second-order valence-electron chi connectivity index (χ2n) is 4.56. The Bertz CT molecular complexity index is 605. The number of para-hydroxylation sites is 1. The minimum Gasteiger partial charge on any atom is -0.489 e. The summed E-state index contributed by atoms with van der Waals surface area (Å²) >= 11 is 0. The van der Waals surface area contributed by atoms with E-state index in [2.05, 4.69) is 0 Å². The highest BCUT2D eigenvalue weighted by Crippen LogP contribution is 2.19. The molecule has 3 nitrogen and oxygen atoms in total. The van der Waals surface area contributed by atoms with Crippen LogP contribution in [-0.4, -0.2) is 5.91 Å². The number of benzene rings is 2. The SMILES string of the molecule is Cc1cc(C(N)=O)ccc1COc1ccccc1C. The van der Waals surface area contributed by atoms with Crippen molar-refractivity contribution in [3.05, 3.63) is 64.7 Å². The van der Waals surface area contributed by atoms with Crippen molar-refractivity contribution >= 4 is 5.91 Å². The summed E-state index contributed by atoms with van der Waals surface area (Å²) in [7, 11) is 0. The highest BCUT2D eigenvalue weighted by Gasteiger charge is 2.05. The van der Waals surface area contributed by atoms with Gasteiger partial charge in [-0.15, -0.1) is 0 Å². The monoisotopic (exact) mass is 255 g/mol. The summed E-state index contributed by atoms with van der Waals surface area (Å²) in [4.78, 5) is 11.1. The fourth-order valence-electron chi connectivity index (χ4n) is 1.88. The largest absolute Gasteiger partial charge is 0.489 e. The molecular formula is C16H17NO2. The molecule has 0 saturated heterocycles. The summed E-state index contributed by atoms with van der Waals surface area (Å²) in [6.45, 7) is 4.44. The number of nitrogens with two attached hydrogens (primary N) is 1. The summed E-state index contributed by atoms with van der Waals surface area (Å²) in [6.07, 6.45) is 0. The molecule has 0 heterocycles. The Kier molecular flexibility index (Phi) is 3.85. The number of primary amides is 1. The Morgan fingerprint density at radius 2 is 1.84 bits per heavy atom. The van der Waals surface area contributed by atoms with E-state index < -0.39 is 5.91 Å². The van der Waals surface area contributed by atoms with Crippen molar-refractivity contribution in [1.82, 2.24) is 0 Å². The van der Waals surface area contributed by atoms with Crippen LogP contribution in [0.15, 0.2) is 42.5 Å². The second-order valence-corrected chi connectivity index (χ2v) is 4.56. The molecule has 0 bridgehead atoms. The normalized spacial score (nSPS) is 10.2. The molecule has 0 spiro atoms. The Morgan fingerprint density at radius 3 is 2.47 bits per heavy atom. The lowest BCUT2D eigenvalue weighted by Crippen LogP contribution is -2.11. The molecule has 0 aromatic heterocycles. The van der Waals surface area contributed by atoms with Gasteiger partial charge in [-0.25, -0.2) is 0 Å². The van der Waals surface area contributed by atoms with Gasteiger partial charge in [-0.1, -0.05) is 24.3 Å². The fourth-order valence-corrected chi connectivity index (χ4v) is 1.88. The third-order valence-corrected chi connectivity index (χ3v) is 3.10. The summed E-state index contributed by atoms with van der Waals surface area (Å²) in [5, 5.41) is 0. The lowest BCUT2D eigenvalue weighted by molar-refractivity contribution is 0.1000. The third-order valence-electron chi connectivity index (χ3n) is 3.10. The van der Waals surface area contributed by atoms with Gasteiger partial charge in [0.2, 0.25) is 5.91 Å². The minimum atomic E-state index is -0.408. The van der Waals surface area contributed by atoms with Crippen LogP contribution >= 0.6 is 0 Å². The van der Waals surface area contributed by atoms with E-state index in [0.29, 0.717) is 12.2 Å². The molecule has 0 atom stereocenters. The van der Waals surface area contributed by atoms with Gasteiger partial charge in [-0.2, -0.15) is 0 Å². The zero-order valence-corrected chi connectivity index (χ0v) is 11.1. The number of hydrogen-bond acceptors (Lipinski definition) is 2. The number of rotatable bonds is 4. The quantitative estimate of drug-likeness (QED) is 0.913. The first kappa shape index (κ1) is 13.1. The van der Waals surface area contributed by atoms with Crippen LogP contribution in [0.2, 0.25) is 0 Å². The van der Waals surface area contributed by atoms with Crippen molar-refractivity contribution in [3.8, 4) is 5.75 Å². The molecular weight excluding hydrogens is 238 g/mol. The van der Waals surface area contributed by atoms with Gasteiger partial charge >= 0.3 is 0 Å². The molecule has 3 heteroatoms. The zero-order chi connectivity index (χ0) is 13.8. The van der Waals surface area contributed by atoms with E-state index in [4.69, 9.17) is 10.5 Å². The van der Waals surface area contributed by atoms with E-state index in [9.17, 15) is 4.79 Å². The Morgan fingerprint density at radius 1 is 1.11 bits per heavy atom. The van der Waals surface area contributed by atoms with E-state index in [1.165, 1.54) is 0 Å². The van der Waals surface area contributed by atoms with Gasteiger partial charge in [0.1, 0.15) is 12.4 Å². The van der Waals surface area contributed by atoms with Gasteiger partial charge in [-0.3, -0.25) is 4.79 Å². The highest BCUT2D eigenvalue weighted by molar-refractivity contribution is 5.93. The van der Waals surface area contributed by atoms with Crippen LogP contribution in [0.5, 0.6) is 5.75 Å². The molecule has 1 amide bonds. The van der Waals surface area contributed by atoms with E-state index in [1.807, 2.05) is 44.2 Å². The van der Waals surface area contributed by atoms with Gasteiger partial charge in [-0.05, 0) is 48.7 Å². The molecule has 0 saturated carbocycles. The standard InChI is InChI=1S/C16H17NO2/c1-11-5-3-4-6-15(11)19-10-14-8-7-13(16(17)18)9-12(14)2/h3-9H,10H2,1-2H3,(H2,17,18). The molecule has 19 heavy (non-hydrogen) atoms. The third kappa shape index (κ3) is 3.13. The Balaban J connectivity index is 2.12. The molecule has 2 rings (SSSR count). The molecule has 0 aliphatic rings. The number of carbonyl (C=O) groups is 1. The van der Waals surface area contributed by atoms with Crippen LogP contribution in [0.3, 0.4) is 0 Å².